The summed E-state index contributed by atoms with van der Waals surface area (Å²) in [5.41, 5.74) is 8.75. The zero-order valence-corrected chi connectivity index (χ0v) is 20.1. The van der Waals surface area contributed by atoms with Gasteiger partial charge in [-0.2, -0.15) is 0 Å². The lowest BCUT2D eigenvalue weighted by Crippen LogP contribution is -2.36. The van der Waals surface area contributed by atoms with E-state index in [1.165, 1.54) is 18.5 Å². The number of morpholine rings is 1. The summed E-state index contributed by atoms with van der Waals surface area (Å²) in [5.74, 6) is 0.277. The van der Waals surface area contributed by atoms with Gasteiger partial charge in [-0.3, -0.25) is 10.0 Å². The SMILES string of the molecule is CN(Cc1cc2nc(-c3ccc(N)cc3F)nc(N3CCOCC3)c2s1)c1ncc(C(=O)NO)cn1. The van der Waals surface area contributed by atoms with E-state index < -0.39 is 11.7 Å². The van der Waals surface area contributed by atoms with Gasteiger partial charge in [0, 0.05) is 43.1 Å². The van der Waals surface area contributed by atoms with Crippen LogP contribution < -0.4 is 21.0 Å². The molecule has 0 aliphatic carbocycles. The van der Waals surface area contributed by atoms with Crippen LogP contribution in [0.4, 0.5) is 21.8 Å². The lowest BCUT2D eigenvalue weighted by Gasteiger charge is -2.28. The van der Waals surface area contributed by atoms with E-state index in [9.17, 15) is 9.18 Å². The number of aromatic nitrogens is 4. The minimum Gasteiger partial charge on any atom is -0.399 e. The van der Waals surface area contributed by atoms with Crippen molar-refractivity contribution in [2.75, 3.05) is 48.9 Å². The first-order valence-corrected chi connectivity index (χ1v) is 11.9. The summed E-state index contributed by atoms with van der Waals surface area (Å²) in [6, 6.07) is 6.44. The first-order chi connectivity index (χ1) is 17.4. The van der Waals surface area contributed by atoms with E-state index in [1.807, 2.05) is 18.0 Å². The summed E-state index contributed by atoms with van der Waals surface area (Å²) in [6.07, 6.45) is 2.68. The van der Waals surface area contributed by atoms with Crippen LogP contribution in [0.15, 0.2) is 36.7 Å². The predicted molar refractivity (Wildman–Crippen MR) is 134 cm³/mol. The average molecular weight is 511 g/mol. The Morgan fingerprint density at radius 1 is 1.25 bits per heavy atom. The molecular weight excluding hydrogens is 487 g/mol. The molecule has 1 aliphatic rings. The fourth-order valence-corrected chi connectivity index (χ4v) is 5.04. The molecule has 1 amide bonds. The van der Waals surface area contributed by atoms with Gasteiger partial charge in [-0.05, 0) is 24.3 Å². The Morgan fingerprint density at radius 2 is 2.00 bits per heavy atom. The standard InChI is InChI=1S/C23H23FN8O3S/c1-31(23-26-10-13(11-27-23)22(33)30-34)12-15-9-18-19(36-15)21(32-4-6-35-7-5-32)29-20(28-18)16-3-2-14(25)8-17(16)24/h2-3,8-11,34H,4-7,12,25H2,1H3,(H,30,33). The summed E-state index contributed by atoms with van der Waals surface area (Å²) in [4.78, 5) is 34.3. The second-order valence-electron chi connectivity index (χ2n) is 8.21. The highest BCUT2D eigenvalue weighted by Gasteiger charge is 2.22. The number of nitrogen functional groups attached to an aromatic ring is 1. The summed E-state index contributed by atoms with van der Waals surface area (Å²) < 4.78 is 21.1. The van der Waals surface area contributed by atoms with Crippen molar-refractivity contribution in [2.45, 2.75) is 6.54 Å². The zero-order chi connectivity index (χ0) is 25.2. The number of carbonyl (C=O) groups excluding carboxylic acids is 1. The van der Waals surface area contributed by atoms with Crippen molar-refractivity contribution in [3.8, 4) is 11.4 Å². The number of hydrogen-bond acceptors (Lipinski definition) is 11. The second-order valence-corrected chi connectivity index (χ2v) is 9.34. The summed E-state index contributed by atoms with van der Waals surface area (Å²) in [7, 11) is 1.83. The number of fused-ring (bicyclic) bond motifs is 1. The molecule has 0 radical (unpaired) electrons. The molecule has 1 aliphatic heterocycles. The molecule has 0 unspecified atom stereocenters. The van der Waals surface area contributed by atoms with Crippen LogP contribution in [0.25, 0.3) is 21.6 Å². The van der Waals surface area contributed by atoms with Gasteiger partial charge in [-0.25, -0.2) is 29.8 Å². The fraction of sp³-hybridized carbons (Fsp3) is 0.261. The van der Waals surface area contributed by atoms with E-state index in [-0.39, 0.29) is 11.1 Å². The van der Waals surface area contributed by atoms with E-state index >= 15 is 0 Å². The van der Waals surface area contributed by atoms with Crippen molar-refractivity contribution in [1.29, 1.82) is 0 Å². The van der Waals surface area contributed by atoms with Gasteiger partial charge in [0.05, 0.1) is 41.1 Å². The third-order valence-electron chi connectivity index (χ3n) is 5.69. The molecule has 0 atom stereocenters. The van der Waals surface area contributed by atoms with Crippen molar-refractivity contribution in [3.63, 3.8) is 0 Å². The molecule has 4 heterocycles. The molecule has 5 rings (SSSR count). The van der Waals surface area contributed by atoms with Gasteiger partial charge in [-0.15, -0.1) is 11.3 Å². The van der Waals surface area contributed by atoms with Crippen LogP contribution in [0.3, 0.4) is 0 Å². The fourth-order valence-electron chi connectivity index (χ4n) is 3.87. The topological polar surface area (TPSA) is 143 Å². The molecule has 0 bridgehead atoms. The minimum atomic E-state index is -0.684. The van der Waals surface area contributed by atoms with Gasteiger partial charge in [-0.1, -0.05) is 0 Å². The van der Waals surface area contributed by atoms with E-state index in [0.29, 0.717) is 55.8 Å². The lowest BCUT2D eigenvalue weighted by atomic mass is 10.1. The third-order valence-corrected chi connectivity index (χ3v) is 6.79. The smallest absolute Gasteiger partial charge is 0.277 e. The molecule has 36 heavy (non-hydrogen) atoms. The maximum atomic E-state index is 14.7. The summed E-state index contributed by atoms with van der Waals surface area (Å²) >= 11 is 1.55. The Labute approximate surface area is 209 Å². The number of hydrogen-bond donors (Lipinski definition) is 3. The van der Waals surface area contributed by atoms with Crippen LogP contribution >= 0.6 is 11.3 Å². The van der Waals surface area contributed by atoms with Gasteiger partial charge in [0.15, 0.2) is 11.6 Å². The van der Waals surface area contributed by atoms with Crippen LogP contribution in [0, 0.1) is 5.82 Å². The van der Waals surface area contributed by atoms with Gasteiger partial charge >= 0.3 is 0 Å². The van der Waals surface area contributed by atoms with E-state index in [0.717, 1.165) is 15.4 Å². The molecule has 13 heteroatoms. The molecule has 1 aromatic carbocycles. The first kappa shape index (κ1) is 23.8. The summed E-state index contributed by atoms with van der Waals surface area (Å²) in [5, 5.41) is 8.75. The molecule has 3 aromatic heterocycles. The molecule has 1 fully saturated rings. The number of anilines is 3. The average Bonchev–Trinajstić information content (AvgIpc) is 3.30. The number of rotatable bonds is 6. The van der Waals surface area contributed by atoms with Crippen molar-refractivity contribution in [1.82, 2.24) is 25.4 Å². The van der Waals surface area contributed by atoms with Crippen molar-refractivity contribution in [2.24, 2.45) is 0 Å². The second kappa shape index (κ2) is 9.97. The number of carbonyl (C=O) groups is 1. The van der Waals surface area contributed by atoms with Gasteiger partial charge in [0.25, 0.3) is 5.91 Å². The van der Waals surface area contributed by atoms with Gasteiger partial charge in [0.1, 0.15) is 5.82 Å². The number of benzene rings is 1. The molecule has 4 N–H and O–H groups in total. The maximum Gasteiger partial charge on any atom is 0.277 e. The summed E-state index contributed by atoms with van der Waals surface area (Å²) in [6.45, 7) is 2.98. The number of nitrogens with two attached hydrogens (primary N) is 1. The van der Waals surface area contributed by atoms with Crippen molar-refractivity contribution >= 4 is 44.9 Å². The molecule has 1 saturated heterocycles. The molecular formula is C23H23FN8O3S. The Bertz CT molecular complexity index is 1410. The number of thiophene rings is 1. The number of amides is 1. The predicted octanol–water partition coefficient (Wildman–Crippen LogP) is 2.46. The Hall–Kier alpha value is -3.94. The highest BCUT2D eigenvalue weighted by molar-refractivity contribution is 7.19. The number of hydroxylamine groups is 1. The Kier molecular flexibility index (Phi) is 6.59. The normalized spacial score (nSPS) is 13.7. The van der Waals surface area contributed by atoms with Crippen molar-refractivity contribution < 1.29 is 19.1 Å². The zero-order valence-electron chi connectivity index (χ0n) is 19.3. The quantitative estimate of drug-likeness (QED) is 0.201. The van der Waals surface area contributed by atoms with E-state index in [1.54, 1.807) is 28.9 Å². The number of nitrogens with one attached hydrogen (secondary N) is 1. The highest BCUT2D eigenvalue weighted by atomic mass is 32.1. The molecule has 0 spiro atoms. The Morgan fingerprint density at radius 3 is 2.69 bits per heavy atom. The van der Waals surface area contributed by atoms with Gasteiger partial charge < -0.3 is 20.3 Å². The number of halogens is 1. The molecule has 186 valence electrons. The highest BCUT2D eigenvalue weighted by Crippen LogP contribution is 2.35. The lowest BCUT2D eigenvalue weighted by molar-refractivity contribution is 0.0705. The molecule has 11 nitrogen and oxygen atoms in total. The van der Waals surface area contributed by atoms with Crippen LogP contribution in [0.2, 0.25) is 0 Å². The molecule has 0 saturated carbocycles. The van der Waals surface area contributed by atoms with Gasteiger partial charge in [0.2, 0.25) is 5.95 Å². The van der Waals surface area contributed by atoms with Crippen LogP contribution in [0.5, 0.6) is 0 Å². The molecule has 4 aromatic rings. The van der Waals surface area contributed by atoms with Crippen molar-refractivity contribution in [3.05, 3.63) is 52.9 Å². The maximum absolute atomic E-state index is 14.7. The largest absolute Gasteiger partial charge is 0.399 e. The van der Waals surface area contributed by atoms with Crippen LogP contribution in [-0.4, -0.2) is 64.4 Å². The van der Waals surface area contributed by atoms with Crippen LogP contribution in [0.1, 0.15) is 15.2 Å². The van der Waals surface area contributed by atoms with E-state index in [2.05, 4.69) is 19.9 Å². The minimum absolute atomic E-state index is 0.143. The van der Waals surface area contributed by atoms with Crippen LogP contribution in [-0.2, 0) is 11.3 Å². The number of nitrogens with zero attached hydrogens (tertiary/aromatic N) is 6. The Balaban J connectivity index is 1.50. The first-order valence-electron chi connectivity index (χ1n) is 11.1. The monoisotopic (exact) mass is 510 g/mol. The third kappa shape index (κ3) is 4.76. The number of ether oxygens (including phenoxy) is 1. The van der Waals surface area contributed by atoms with E-state index in [4.69, 9.17) is 20.7 Å².